The number of benzene rings is 2. The Morgan fingerprint density at radius 3 is 2.69 bits per heavy atom. The van der Waals surface area contributed by atoms with Crippen molar-refractivity contribution in [2.45, 2.75) is 13.5 Å². The monoisotopic (exact) mass is 383 g/mol. The third-order valence-corrected chi connectivity index (χ3v) is 5.03. The fourth-order valence-corrected chi connectivity index (χ4v) is 3.37. The molecule has 0 saturated carbocycles. The predicted octanol–water partition coefficient (Wildman–Crippen LogP) is 5.26. The fraction of sp³-hybridized carbons (Fsp3) is 0.100. The summed E-state index contributed by atoms with van der Waals surface area (Å²) < 4.78 is 2.04. The summed E-state index contributed by atoms with van der Waals surface area (Å²) in [5.74, 6) is 0.224. The number of nitrogens with one attached hydrogen (secondary N) is 1. The van der Waals surface area contributed by atoms with Gasteiger partial charge in [-0.1, -0.05) is 47.5 Å². The number of rotatable bonds is 4. The molecular formula is C20H15Cl2N3O. The van der Waals surface area contributed by atoms with Gasteiger partial charge in [0.15, 0.2) is 5.82 Å². The number of aryl methyl sites for hydroxylation is 1. The van der Waals surface area contributed by atoms with Crippen LogP contribution in [0.5, 0.6) is 0 Å². The summed E-state index contributed by atoms with van der Waals surface area (Å²) in [5.41, 5.74) is 3.46. The number of imidazole rings is 1. The normalized spacial score (nSPS) is 11.2. The molecule has 26 heavy (non-hydrogen) atoms. The molecule has 0 radical (unpaired) electrons. The van der Waals surface area contributed by atoms with Gasteiger partial charge in [0.05, 0.1) is 15.6 Å². The SMILES string of the molecule is Cc1cnc(C(=O)c2cn(Cc3ccc(Cl)c(Cl)c3)c3ccccc23)[nH]1. The van der Waals surface area contributed by atoms with Crippen LogP contribution in [0.15, 0.2) is 54.9 Å². The molecule has 0 aliphatic heterocycles. The maximum absolute atomic E-state index is 12.9. The maximum Gasteiger partial charge on any atom is 0.230 e. The van der Waals surface area contributed by atoms with Gasteiger partial charge in [-0.25, -0.2) is 4.98 Å². The number of para-hydroxylation sites is 1. The molecule has 4 aromatic rings. The van der Waals surface area contributed by atoms with Gasteiger partial charge in [-0.15, -0.1) is 0 Å². The largest absolute Gasteiger partial charge is 0.342 e. The van der Waals surface area contributed by atoms with Gasteiger partial charge >= 0.3 is 0 Å². The van der Waals surface area contributed by atoms with Crippen LogP contribution in [0.1, 0.15) is 27.4 Å². The van der Waals surface area contributed by atoms with Crippen molar-refractivity contribution < 1.29 is 4.79 Å². The van der Waals surface area contributed by atoms with Crippen molar-refractivity contribution in [3.05, 3.63) is 87.5 Å². The first-order valence-corrected chi connectivity index (χ1v) is 8.86. The van der Waals surface area contributed by atoms with Gasteiger partial charge in [0.25, 0.3) is 0 Å². The van der Waals surface area contributed by atoms with Crippen LogP contribution in [-0.4, -0.2) is 20.3 Å². The lowest BCUT2D eigenvalue weighted by molar-refractivity contribution is 0.103. The molecule has 2 aromatic heterocycles. The molecule has 2 aromatic carbocycles. The van der Waals surface area contributed by atoms with Gasteiger partial charge in [0.2, 0.25) is 5.78 Å². The zero-order chi connectivity index (χ0) is 18.3. The Morgan fingerprint density at radius 1 is 1.15 bits per heavy atom. The summed E-state index contributed by atoms with van der Waals surface area (Å²) in [6.07, 6.45) is 3.52. The van der Waals surface area contributed by atoms with E-state index in [4.69, 9.17) is 23.2 Å². The van der Waals surface area contributed by atoms with Gasteiger partial charge < -0.3 is 9.55 Å². The highest BCUT2D eigenvalue weighted by Gasteiger charge is 2.19. The lowest BCUT2D eigenvalue weighted by Crippen LogP contribution is -2.03. The average molecular weight is 384 g/mol. The predicted molar refractivity (Wildman–Crippen MR) is 104 cm³/mol. The van der Waals surface area contributed by atoms with E-state index in [2.05, 4.69) is 9.97 Å². The molecule has 2 heterocycles. The van der Waals surface area contributed by atoms with Gasteiger partial charge in [0.1, 0.15) is 0 Å². The van der Waals surface area contributed by atoms with Crippen molar-refractivity contribution >= 4 is 39.9 Å². The quantitative estimate of drug-likeness (QED) is 0.488. The summed E-state index contributed by atoms with van der Waals surface area (Å²) in [7, 11) is 0. The van der Waals surface area contributed by atoms with Crippen molar-refractivity contribution in [2.24, 2.45) is 0 Å². The van der Waals surface area contributed by atoms with E-state index in [1.165, 1.54) is 0 Å². The van der Waals surface area contributed by atoms with Crippen molar-refractivity contribution in [1.29, 1.82) is 0 Å². The summed E-state index contributed by atoms with van der Waals surface area (Å²) in [4.78, 5) is 20.1. The second-order valence-electron chi connectivity index (χ2n) is 6.18. The molecule has 0 aliphatic rings. The minimum absolute atomic E-state index is 0.123. The lowest BCUT2D eigenvalue weighted by Gasteiger charge is -2.06. The van der Waals surface area contributed by atoms with Crippen molar-refractivity contribution in [2.75, 3.05) is 0 Å². The zero-order valence-corrected chi connectivity index (χ0v) is 15.5. The van der Waals surface area contributed by atoms with Gasteiger partial charge in [-0.2, -0.15) is 0 Å². The Kier molecular flexibility index (Phi) is 4.31. The Bertz CT molecular complexity index is 1130. The summed E-state index contributed by atoms with van der Waals surface area (Å²) >= 11 is 12.1. The van der Waals surface area contributed by atoms with E-state index in [1.807, 2.05) is 54.1 Å². The second-order valence-corrected chi connectivity index (χ2v) is 6.99. The minimum atomic E-state index is -0.123. The highest BCUT2D eigenvalue weighted by atomic mass is 35.5. The lowest BCUT2D eigenvalue weighted by atomic mass is 10.1. The number of hydrogen-bond donors (Lipinski definition) is 1. The van der Waals surface area contributed by atoms with Crippen molar-refractivity contribution in [3.63, 3.8) is 0 Å². The third-order valence-electron chi connectivity index (χ3n) is 4.29. The standard InChI is InChI=1S/C20H15Cl2N3O/c1-12-9-23-20(24-12)19(26)15-11-25(18-5-3-2-4-14(15)18)10-13-6-7-16(21)17(22)8-13/h2-9,11H,10H2,1H3,(H,23,24). The first kappa shape index (κ1) is 16.9. The number of ketones is 1. The maximum atomic E-state index is 12.9. The topological polar surface area (TPSA) is 50.7 Å². The smallest absolute Gasteiger partial charge is 0.230 e. The van der Waals surface area contributed by atoms with Crippen molar-refractivity contribution in [3.8, 4) is 0 Å². The molecule has 4 rings (SSSR count). The van der Waals surface area contributed by atoms with Crippen LogP contribution in [0.4, 0.5) is 0 Å². The third kappa shape index (κ3) is 3.02. The van der Waals surface area contributed by atoms with E-state index in [0.29, 0.717) is 28.0 Å². The molecule has 6 heteroatoms. The summed E-state index contributed by atoms with van der Waals surface area (Å²) in [5, 5.41) is 1.94. The summed E-state index contributed by atoms with van der Waals surface area (Å²) in [6.45, 7) is 2.46. The molecule has 0 spiro atoms. The average Bonchev–Trinajstić information content (AvgIpc) is 3.22. The Morgan fingerprint density at radius 2 is 1.96 bits per heavy atom. The number of aromatic nitrogens is 3. The van der Waals surface area contributed by atoms with Gasteiger partial charge in [-0.3, -0.25) is 4.79 Å². The van der Waals surface area contributed by atoms with Crippen LogP contribution >= 0.6 is 23.2 Å². The number of halogens is 2. The molecule has 0 saturated heterocycles. The number of nitrogens with zero attached hydrogens (tertiary/aromatic N) is 2. The van der Waals surface area contributed by atoms with E-state index in [-0.39, 0.29) is 5.78 Å². The molecule has 0 aliphatic carbocycles. The van der Waals surface area contributed by atoms with Crippen LogP contribution in [0.2, 0.25) is 10.0 Å². The number of hydrogen-bond acceptors (Lipinski definition) is 2. The number of fused-ring (bicyclic) bond motifs is 1. The molecule has 1 N–H and O–H groups in total. The van der Waals surface area contributed by atoms with Gasteiger partial charge in [-0.05, 0) is 30.7 Å². The van der Waals surface area contributed by atoms with Crippen molar-refractivity contribution in [1.82, 2.24) is 14.5 Å². The number of aromatic amines is 1. The molecule has 0 bridgehead atoms. The molecular weight excluding hydrogens is 369 g/mol. The molecule has 0 atom stereocenters. The first-order valence-electron chi connectivity index (χ1n) is 8.11. The molecule has 0 amide bonds. The Balaban J connectivity index is 1.78. The minimum Gasteiger partial charge on any atom is -0.342 e. The summed E-state index contributed by atoms with van der Waals surface area (Å²) in [6, 6.07) is 13.4. The van der Waals surface area contributed by atoms with Crippen LogP contribution in [-0.2, 0) is 6.54 Å². The van der Waals surface area contributed by atoms with Crippen LogP contribution in [0, 0.1) is 6.92 Å². The molecule has 0 unspecified atom stereocenters. The van der Waals surface area contributed by atoms with E-state index < -0.39 is 0 Å². The van der Waals surface area contributed by atoms with E-state index in [1.54, 1.807) is 12.3 Å². The molecule has 130 valence electrons. The zero-order valence-electron chi connectivity index (χ0n) is 14.0. The van der Waals surface area contributed by atoms with Crippen LogP contribution in [0.25, 0.3) is 10.9 Å². The van der Waals surface area contributed by atoms with E-state index >= 15 is 0 Å². The van der Waals surface area contributed by atoms with Crippen LogP contribution < -0.4 is 0 Å². The Labute approximate surface area is 160 Å². The number of H-pyrrole nitrogens is 1. The van der Waals surface area contributed by atoms with E-state index in [0.717, 1.165) is 22.2 Å². The fourth-order valence-electron chi connectivity index (χ4n) is 3.05. The van der Waals surface area contributed by atoms with Crippen LogP contribution in [0.3, 0.4) is 0 Å². The highest BCUT2D eigenvalue weighted by Crippen LogP contribution is 2.26. The second kappa shape index (κ2) is 6.63. The molecule has 4 nitrogen and oxygen atoms in total. The van der Waals surface area contributed by atoms with Gasteiger partial charge in [0, 0.05) is 35.5 Å². The highest BCUT2D eigenvalue weighted by molar-refractivity contribution is 6.42. The molecule has 0 fully saturated rings. The number of carbonyl (C=O) groups excluding carboxylic acids is 1. The Hall–Kier alpha value is -2.56. The number of carbonyl (C=O) groups is 1. The van der Waals surface area contributed by atoms with E-state index in [9.17, 15) is 4.79 Å². The first-order chi connectivity index (χ1) is 12.5.